The molecule has 1 aliphatic heterocycles. The summed E-state index contributed by atoms with van der Waals surface area (Å²) in [5.41, 5.74) is 0.676. The van der Waals surface area contributed by atoms with Crippen LogP contribution in [0.25, 0.3) is 0 Å². The maximum atomic E-state index is 12.1. The third kappa shape index (κ3) is 4.23. The van der Waals surface area contributed by atoms with Crippen LogP contribution in [0.3, 0.4) is 0 Å². The molecule has 0 saturated carbocycles. The molecule has 1 aromatic carbocycles. The molecule has 4 nitrogen and oxygen atoms in total. The van der Waals surface area contributed by atoms with Crippen LogP contribution >= 0.6 is 0 Å². The second-order valence-corrected chi connectivity index (χ2v) is 5.02. The quantitative estimate of drug-likeness (QED) is 0.586. The Kier molecular flexibility index (Phi) is 5.87. The van der Waals surface area contributed by atoms with Gasteiger partial charge in [-0.3, -0.25) is 4.79 Å². The first kappa shape index (κ1) is 14.9. The molecule has 0 aromatic heterocycles. The van der Waals surface area contributed by atoms with Crippen molar-refractivity contribution in [1.29, 1.82) is 0 Å². The van der Waals surface area contributed by atoms with Gasteiger partial charge in [-0.05, 0) is 31.2 Å². The van der Waals surface area contributed by atoms with Crippen molar-refractivity contribution in [2.24, 2.45) is 0 Å². The van der Waals surface area contributed by atoms with E-state index >= 15 is 0 Å². The Labute approximate surface area is 120 Å². The predicted molar refractivity (Wildman–Crippen MR) is 78.8 cm³/mol. The molecule has 110 valence electrons. The fourth-order valence-corrected chi connectivity index (χ4v) is 2.20. The van der Waals surface area contributed by atoms with E-state index in [1.807, 2.05) is 6.07 Å². The van der Waals surface area contributed by atoms with E-state index < -0.39 is 0 Å². The minimum atomic E-state index is 0.0949. The molecule has 0 bridgehead atoms. The molecule has 1 heterocycles. The molecule has 0 aliphatic carbocycles. The minimum Gasteiger partial charge on any atom is -0.486 e. The Bertz CT molecular complexity index is 445. The van der Waals surface area contributed by atoms with E-state index in [0.29, 0.717) is 31.1 Å². The van der Waals surface area contributed by atoms with Crippen molar-refractivity contribution in [3.63, 3.8) is 0 Å². The van der Waals surface area contributed by atoms with Crippen molar-refractivity contribution in [2.75, 3.05) is 26.3 Å². The highest BCUT2D eigenvalue weighted by Gasteiger charge is 2.14. The van der Waals surface area contributed by atoms with E-state index in [4.69, 9.17) is 9.47 Å². The zero-order valence-electron chi connectivity index (χ0n) is 12.1. The van der Waals surface area contributed by atoms with Crippen LogP contribution < -0.4 is 14.8 Å². The van der Waals surface area contributed by atoms with Crippen molar-refractivity contribution in [3.05, 3.63) is 23.8 Å². The normalized spacial score (nSPS) is 13.2. The first-order valence-corrected chi connectivity index (χ1v) is 7.45. The molecule has 0 amide bonds. The van der Waals surface area contributed by atoms with Crippen LogP contribution in [0.4, 0.5) is 0 Å². The topological polar surface area (TPSA) is 47.6 Å². The third-order valence-electron chi connectivity index (χ3n) is 3.36. The number of rotatable bonds is 8. The molecular weight excluding hydrogens is 254 g/mol. The average molecular weight is 277 g/mol. The van der Waals surface area contributed by atoms with Crippen molar-refractivity contribution in [3.8, 4) is 11.5 Å². The molecule has 0 spiro atoms. The molecule has 0 fully saturated rings. The van der Waals surface area contributed by atoms with Crippen molar-refractivity contribution >= 4 is 5.78 Å². The molecule has 0 atom stereocenters. The van der Waals surface area contributed by atoms with E-state index in [0.717, 1.165) is 18.7 Å². The molecule has 0 saturated heterocycles. The Morgan fingerprint density at radius 2 is 1.95 bits per heavy atom. The number of hydrogen-bond acceptors (Lipinski definition) is 4. The summed E-state index contributed by atoms with van der Waals surface area (Å²) >= 11 is 0. The number of nitrogens with one attached hydrogen (secondary N) is 1. The standard InChI is InChI=1S/C16H23NO3/c1-2-3-4-5-8-17-12-14(18)13-6-7-15-16(11-13)20-10-9-19-15/h6-7,11,17H,2-5,8-10,12H2,1H3. The summed E-state index contributed by atoms with van der Waals surface area (Å²) in [7, 11) is 0. The first-order valence-electron chi connectivity index (χ1n) is 7.45. The van der Waals surface area contributed by atoms with Crippen molar-refractivity contribution in [2.45, 2.75) is 32.6 Å². The van der Waals surface area contributed by atoms with Crippen LogP contribution in [0.15, 0.2) is 18.2 Å². The predicted octanol–water partition coefficient (Wildman–Crippen LogP) is 2.81. The smallest absolute Gasteiger partial charge is 0.176 e. The van der Waals surface area contributed by atoms with Gasteiger partial charge in [-0.25, -0.2) is 0 Å². The molecule has 20 heavy (non-hydrogen) atoms. The van der Waals surface area contributed by atoms with Gasteiger partial charge in [0.25, 0.3) is 0 Å². The number of carbonyl (C=O) groups is 1. The molecular formula is C16H23NO3. The molecule has 1 aromatic rings. The number of ketones is 1. The van der Waals surface area contributed by atoms with Gasteiger partial charge in [-0.2, -0.15) is 0 Å². The second kappa shape index (κ2) is 7.90. The zero-order valence-corrected chi connectivity index (χ0v) is 12.1. The van der Waals surface area contributed by atoms with Crippen LogP contribution in [0, 0.1) is 0 Å². The Morgan fingerprint density at radius 3 is 2.75 bits per heavy atom. The zero-order chi connectivity index (χ0) is 14.2. The summed E-state index contributed by atoms with van der Waals surface area (Å²) < 4.78 is 10.9. The summed E-state index contributed by atoms with van der Waals surface area (Å²) in [5, 5.41) is 3.20. The fraction of sp³-hybridized carbons (Fsp3) is 0.562. The molecule has 0 radical (unpaired) electrons. The Balaban J connectivity index is 1.77. The lowest BCUT2D eigenvalue weighted by molar-refractivity contribution is 0.0990. The number of ether oxygens (including phenoxy) is 2. The van der Waals surface area contributed by atoms with Crippen LogP contribution in [0.1, 0.15) is 43.0 Å². The van der Waals surface area contributed by atoms with Gasteiger partial charge in [-0.1, -0.05) is 26.2 Å². The van der Waals surface area contributed by atoms with Crippen molar-refractivity contribution in [1.82, 2.24) is 5.32 Å². The second-order valence-electron chi connectivity index (χ2n) is 5.02. The summed E-state index contributed by atoms with van der Waals surface area (Å²) in [6.45, 7) is 4.58. The molecule has 1 N–H and O–H groups in total. The van der Waals surface area contributed by atoms with Gasteiger partial charge in [0, 0.05) is 5.56 Å². The molecule has 0 unspecified atom stereocenters. The van der Waals surface area contributed by atoms with Gasteiger partial charge in [0.2, 0.25) is 0 Å². The van der Waals surface area contributed by atoms with Crippen LogP contribution in [0.5, 0.6) is 11.5 Å². The van der Waals surface area contributed by atoms with Gasteiger partial charge in [0.1, 0.15) is 13.2 Å². The summed E-state index contributed by atoms with van der Waals surface area (Å²) in [5.74, 6) is 1.49. The number of carbonyl (C=O) groups excluding carboxylic acids is 1. The van der Waals surface area contributed by atoms with E-state index in [2.05, 4.69) is 12.2 Å². The molecule has 2 rings (SSSR count). The van der Waals surface area contributed by atoms with Crippen LogP contribution in [-0.2, 0) is 0 Å². The maximum absolute atomic E-state index is 12.1. The number of hydrogen-bond donors (Lipinski definition) is 1. The number of benzene rings is 1. The lowest BCUT2D eigenvalue weighted by Gasteiger charge is -2.18. The van der Waals surface area contributed by atoms with Gasteiger partial charge >= 0.3 is 0 Å². The van der Waals surface area contributed by atoms with Gasteiger partial charge in [0.15, 0.2) is 17.3 Å². The van der Waals surface area contributed by atoms with E-state index in [1.54, 1.807) is 12.1 Å². The highest BCUT2D eigenvalue weighted by atomic mass is 16.6. The van der Waals surface area contributed by atoms with E-state index in [9.17, 15) is 4.79 Å². The number of unbranched alkanes of at least 4 members (excludes halogenated alkanes) is 3. The summed E-state index contributed by atoms with van der Waals surface area (Å²) in [4.78, 5) is 12.1. The van der Waals surface area contributed by atoms with Gasteiger partial charge in [-0.15, -0.1) is 0 Å². The van der Waals surface area contributed by atoms with E-state index in [1.165, 1.54) is 19.3 Å². The largest absolute Gasteiger partial charge is 0.486 e. The monoisotopic (exact) mass is 277 g/mol. The van der Waals surface area contributed by atoms with Crippen LogP contribution in [0.2, 0.25) is 0 Å². The lowest BCUT2D eigenvalue weighted by Crippen LogP contribution is -2.24. The summed E-state index contributed by atoms with van der Waals surface area (Å²) in [6, 6.07) is 5.38. The Morgan fingerprint density at radius 1 is 1.15 bits per heavy atom. The highest BCUT2D eigenvalue weighted by Crippen LogP contribution is 2.30. The van der Waals surface area contributed by atoms with Gasteiger partial charge in [0.05, 0.1) is 6.54 Å². The average Bonchev–Trinajstić information content (AvgIpc) is 2.50. The SMILES string of the molecule is CCCCCCNCC(=O)c1ccc2c(c1)OCCO2. The van der Waals surface area contributed by atoms with Gasteiger partial charge < -0.3 is 14.8 Å². The molecule has 1 aliphatic rings. The minimum absolute atomic E-state index is 0.0949. The third-order valence-corrected chi connectivity index (χ3v) is 3.36. The number of Topliss-reactive ketones (excluding diaryl/α,β-unsaturated/α-hetero) is 1. The lowest BCUT2D eigenvalue weighted by atomic mass is 10.1. The van der Waals surface area contributed by atoms with E-state index in [-0.39, 0.29) is 5.78 Å². The molecule has 4 heteroatoms. The summed E-state index contributed by atoms with van der Waals surface area (Å²) in [6.07, 6.45) is 4.85. The number of fused-ring (bicyclic) bond motifs is 1. The first-order chi connectivity index (χ1) is 9.81. The van der Waals surface area contributed by atoms with Crippen molar-refractivity contribution < 1.29 is 14.3 Å². The highest BCUT2D eigenvalue weighted by molar-refractivity contribution is 5.98. The Hall–Kier alpha value is -1.55. The van der Waals surface area contributed by atoms with Crippen LogP contribution in [-0.4, -0.2) is 32.1 Å². The fourth-order valence-electron chi connectivity index (χ4n) is 2.20. The maximum Gasteiger partial charge on any atom is 0.176 e.